The lowest BCUT2D eigenvalue weighted by Crippen LogP contribution is -2.49. The van der Waals surface area contributed by atoms with Crippen molar-refractivity contribution in [1.82, 2.24) is 29.5 Å². The Labute approximate surface area is 228 Å². The van der Waals surface area contributed by atoms with E-state index >= 15 is 0 Å². The Balaban J connectivity index is 1.20. The van der Waals surface area contributed by atoms with Gasteiger partial charge in [0.05, 0.1) is 11.4 Å². The van der Waals surface area contributed by atoms with Crippen LogP contribution >= 0.6 is 11.6 Å². The molecule has 8 nitrogen and oxygen atoms in total. The molecule has 6 rings (SSSR count). The number of nitrogen functional groups attached to an aromatic ring is 1. The highest BCUT2D eigenvalue weighted by Crippen LogP contribution is 2.37. The molecule has 0 unspecified atom stereocenters. The first kappa shape index (κ1) is 25.1. The van der Waals surface area contributed by atoms with E-state index in [2.05, 4.69) is 61.1 Å². The fourth-order valence-electron chi connectivity index (χ4n) is 5.89. The fourth-order valence-corrected chi connectivity index (χ4v) is 6.09. The van der Waals surface area contributed by atoms with Gasteiger partial charge in [-0.25, -0.2) is 14.6 Å². The lowest BCUT2D eigenvalue weighted by Gasteiger charge is -2.41. The topological polar surface area (TPSA) is 88.1 Å². The number of halogens is 1. The van der Waals surface area contributed by atoms with E-state index in [1.165, 1.54) is 25.9 Å². The van der Waals surface area contributed by atoms with E-state index in [0.29, 0.717) is 24.4 Å². The van der Waals surface area contributed by atoms with E-state index in [1.54, 1.807) is 6.33 Å². The summed E-state index contributed by atoms with van der Waals surface area (Å²) in [6.45, 7) is 5.34. The predicted molar refractivity (Wildman–Crippen MR) is 154 cm³/mol. The lowest BCUT2D eigenvalue weighted by molar-refractivity contribution is 0.0815. The van der Waals surface area contributed by atoms with E-state index in [0.717, 1.165) is 64.5 Å². The second-order valence-electron chi connectivity index (χ2n) is 10.6. The molecular formula is C29H35ClN8. The average molecular weight is 531 g/mol. The molecule has 2 aliphatic rings. The van der Waals surface area contributed by atoms with Gasteiger partial charge in [0.1, 0.15) is 17.8 Å². The van der Waals surface area contributed by atoms with Gasteiger partial charge < -0.3 is 16.0 Å². The SMILES string of the molecule is CN1CCN([C@H]2CC[C@@H](n3nc(-c4ccc(NCc5ccccc5Cl)cc4)c4c(N)ncnc43)CC2)CC1. The van der Waals surface area contributed by atoms with Crippen LogP contribution in [0.1, 0.15) is 37.3 Å². The Morgan fingerprint density at radius 2 is 1.63 bits per heavy atom. The van der Waals surface area contributed by atoms with Gasteiger partial charge in [0.25, 0.3) is 0 Å². The molecule has 38 heavy (non-hydrogen) atoms. The molecule has 1 aliphatic heterocycles. The smallest absolute Gasteiger partial charge is 0.164 e. The van der Waals surface area contributed by atoms with Crippen molar-refractivity contribution < 1.29 is 0 Å². The Hall–Kier alpha value is -3.20. The highest BCUT2D eigenvalue weighted by Gasteiger charge is 2.30. The third kappa shape index (κ3) is 5.08. The highest BCUT2D eigenvalue weighted by molar-refractivity contribution is 6.31. The van der Waals surface area contributed by atoms with E-state index in [4.69, 9.17) is 22.4 Å². The Morgan fingerprint density at radius 3 is 2.37 bits per heavy atom. The van der Waals surface area contributed by atoms with Crippen LogP contribution in [0.5, 0.6) is 0 Å². The summed E-state index contributed by atoms with van der Waals surface area (Å²) in [6, 6.07) is 17.2. The zero-order chi connectivity index (χ0) is 26.1. The van der Waals surface area contributed by atoms with Crippen molar-refractivity contribution in [2.24, 2.45) is 0 Å². The molecule has 3 heterocycles. The molecule has 2 fully saturated rings. The van der Waals surface area contributed by atoms with Gasteiger partial charge in [-0.3, -0.25) is 4.90 Å². The number of hydrogen-bond acceptors (Lipinski definition) is 7. The number of nitrogens with one attached hydrogen (secondary N) is 1. The summed E-state index contributed by atoms with van der Waals surface area (Å²) in [5, 5.41) is 10.2. The van der Waals surface area contributed by atoms with Gasteiger partial charge in [-0.15, -0.1) is 0 Å². The molecule has 1 aliphatic carbocycles. The summed E-state index contributed by atoms with van der Waals surface area (Å²) in [7, 11) is 2.22. The number of aromatic nitrogens is 4. The molecule has 4 aromatic rings. The standard InChI is InChI=1S/C29H35ClN8/c1-36-14-16-37(17-15-36)23-10-12-24(13-11-23)38-29-26(28(31)33-19-34-29)27(35-38)20-6-8-22(9-7-20)32-18-21-4-2-3-5-25(21)30/h2-9,19,23-24,32H,10-18H2,1H3,(H2,31,33,34)/t23-,24+. The zero-order valence-electron chi connectivity index (χ0n) is 21.9. The van der Waals surface area contributed by atoms with Crippen molar-refractivity contribution in [3.63, 3.8) is 0 Å². The Morgan fingerprint density at radius 1 is 0.921 bits per heavy atom. The molecule has 1 saturated carbocycles. The van der Waals surface area contributed by atoms with Crippen LogP contribution in [-0.2, 0) is 6.54 Å². The summed E-state index contributed by atoms with van der Waals surface area (Å²) in [5.74, 6) is 0.475. The molecule has 0 spiro atoms. The van der Waals surface area contributed by atoms with Crippen molar-refractivity contribution in [2.45, 2.75) is 44.3 Å². The average Bonchev–Trinajstić information content (AvgIpc) is 3.34. The number of fused-ring (bicyclic) bond motifs is 1. The summed E-state index contributed by atoms with van der Waals surface area (Å²) in [5.41, 5.74) is 11.1. The maximum Gasteiger partial charge on any atom is 0.164 e. The molecule has 2 aromatic heterocycles. The van der Waals surface area contributed by atoms with Gasteiger partial charge in [-0.05, 0) is 56.5 Å². The summed E-state index contributed by atoms with van der Waals surface area (Å²) < 4.78 is 2.12. The van der Waals surface area contributed by atoms with E-state index < -0.39 is 0 Å². The highest BCUT2D eigenvalue weighted by atomic mass is 35.5. The van der Waals surface area contributed by atoms with Crippen LogP contribution < -0.4 is 11.1 Å². The number of likely N-dealkylation sites (N-methyl/N-ethyl adjacent to an activating group) is 1. The number of piperazine rings is 1. The third-order valence-electron chi connectivity index (χ3n) is 8.18. The molecule has 2 aromatic carbocycles. The fraction of sp³-hybridized carbons (Fsp3) is 0.414. The van der Waals surface area contributed by atoms with E-state index in [9.17, 15) is 0 Å². The van der Waals surface area contributed by atoms with Crippen LogP contribution in [0.15, 0.2) is 54.9 Å². The molecule has 1 saturated heterocycles. The van der Waals surface area contributed by atoms with E-state index in [1.807, 2.05) is 24.3 Å². The van der Waals surface area contributed by atoms with Crippen LogP contribution in [0.2, 0.25) is 5.02 Å². The van der Waals surface area contributed by atoms with Crippen LogP contribution in [-0.4, -0.2) is 68.8 Å². The van der Waals surface area contributed by atoms with Crippen molar-refractivity contribution in [3.8, 4) is 11.3 Å². The molecular weight excluding hydrogens is 496 g/mol. The van der Waals surface area contributed by atoms with Gasteiger partial charge >= 0.3 is 0 Å². The molecule has 0 atom stereocenters. The molecule has 0 bridgehead atoms. The second-order valence-corrected chi connectivity index (χ2v) is 11.0. The van der Waals surface area contributed by atoms with E-state index in [-0.39, 0.29) is 0 Å². The molecule has 0 amide bonds. The van der Waals surface area contributed by atoms with Crippen molar-refractivity contribution in [2.75, 3.05) is 44.3 Å². The quantitative estimate of drug-likeness (QED) is 0.359. The predicted octanol–water partition coefficient (Wildman–Crippen LogP) is 5.07. The Bertz CT molecular complexity index is 1390. The van der Waals surface area contributed by atoms with Gasteiger partial charge in [0.15, 0.2) is 5.65 Å². The number of nitrogens with two attached hydrogens (primary N) is 1. The summed E-state index contributed by atoms with van der Waals surface area (Å²) >= 11 is 6.31. The monoisotopic (exact) mass is 530 g/mol. The number of rotatable bonds is 6. The van der Waals surface area contributed by atoms with Gasteiger partial charge in [0, 0.05) is 55.0 Å². The Kier molecular flexibility index (Phi) is 7.19. The maximum absolute atomic E-state index is 6.38. The minimum atomic E-state index is 0.320. The van der Waals surface area contributed by atoms with Crippen molar-refractivity contribution >= 4 is 34.1 Å². The first-order chi connectivity index (χ1) is 18.6. The number of hydrogen-bond donors (Lipinski definition) is 2. The van der Waals surface area contributed by atoms with Crippen LogP contribution in [0.3, 0.4) is 0 Å². The molecule has 3 N–H and O–H groups in total. The molecule has 9 heteroatoms. The van der Waals surface area contributed by atoms with Crippen LogP contribution in [0.25, 0.3) is 22.3 Å². The minimum absolute atomic E-state index is 0.320. The van der Waals surface area contributed by atoms with Crippen LogP contribution in [0.4, 0.5) is 11.5 Å². The first-order valence-corrected chi connectivity index (χ1v) is 13.9. The number of anilines is 2. The lowest BCUT2D eigenvalue weighted by atomic mass is 9.90. The van der Waals surface area contributed by atoms with Crippen molar-refractivity contribution in [1.29, 1.82) is 0 Å². The van der Waals surface area contributed by atoms with Crippen molar-refractivity contribution in [3.05, 3.63) is 65.4 Å². The number of benzene rings is 2. The number of nitrogens with zero attached hydrogens (tertiary/aromatic N) is 6. The zero-order valence-corrected chi connectivity index (χ0v) is 22.6. The van der Waals surface area contributed by atoms with Gasteiger partial charge in [-0.1, -0.05) is 41.9 Å². The normalized spacial score (nSPS) is 21.1. The van der Waals surface area contributed by atoms with Gasteiger partial charge in [0.2, 0.25) is 0 Å². The minimum Gasteiger partial charge on any atom is -0.383 e. The summed E-state index contributed by atoms with van der Waals surface area (Å²) in [4.78, 5) is 14.0. The maximum atomic E-state index is 6.38. The first-order valence-electron chi connectivity index (χ1n) is 13.6. The largest absolute Gasteiger partial charge is 0.383 e. The van der Waals surface area contributed by atoms with Gasteiger partial charge in [-0.2, -0.15) is 5.10 Å². The second kappa shape index (κ2) is 10.9. The van der Waals surface area contributed by atoms with Crippen LogP contribution in [0, 0.1) is 0 Å². The molecule has 198 valence electrons. The third-order valence-corrected chi connectivity index (χ3v) is 8.55. The summed E-state index contributed by atoms with van der Waals surface area (Å²) in [6.07, 6.45) is 6.14. The molecule has 0 radical (unpaired) electrons.